The van der Waals surface area contributed by atoms with Gasteiger partial charge in [0.1, 0.15) is 0 Å². The summed E-state index contributed by atoms with van der Waals surface area (Å²) in [4.78, 5) is 55.1. The second kappa shape index (κ2) is 11.0. The van der Waals surface area contributed by atoms with Crippen LogP contribution in [0, 0.1) is 0 Å². The van der Waals surface area contributed by atoms with E-state index in [4.69, 9.17) is 16.3 Å². The number of pyridine rings is 1. The molecule has 39 heavy (non-hydrogen) atoms. The molecule has 10 nitrogen and oxygen atoms in total. The summed E-state index contributed by atoms with van der Waals surface area (Å²) < 4.78 is 6.34. The van der Waals surface area contributed by atoms with Crippen LogP contribution in [-0.4, -0.2) is 64.6 Å². The molecule has 1 saturated heterocycles. The van der Waals surface area contributed by atoms with E-state index >= 15 is 0 Å². The minimum absolute atomic E-state index is 0.159. The predicted molar refractivity (Wildman–Crippen MR) is 146 cm³/mol. The van der Waals surface area contributed by atoms with E-state index in [9.17, 15) is 19.2 Å². The van der Waals surface area contributed by atoms with Crippen LogP contribution in [0.2, 0.25) is 5.02 Å². The van der Waals surface area contributed by atoms with Crippen molar-refractivity contribution in [1.29, 1.82) is 0 Å². The van der Waals surface area contributed by atoms with Crippen LogP contribution in [-0.2, 0) is 4.74 Å². The lowest BCUT2D eigenvalue weighted by Crippen LogP contribution is -2.61. The van der Waals surface area contributed by atoms with Gasteiger partial charge in [0.2, 0.25) is 0 Å². The van der Waals surface area contributed by atoms with Gasteiger partial charge in [-0.3, -0.25) is 19.0 Å². The van der Waals surface area contributed by atoms with Crippen LogP contribution in [0.15, 0.2) is 77.9 Å². The fourth-order valence-electron chi connectivity index (χ4n) is 4.72. The van der Waals surface area contributed by atoms with Gasteiger partial charge in [0.25, 0.3) is 17.4 Å². The maximum atomic E-state index is 13.2. The average Bonchev–Trinajstić information content (AvgIpc) is 3.33. The molecule has 4 aromatic rings. The van der Waals surface area contributed by atoms with Gasteiger partial charge in [-0.25, -0.2) is 4.79 Å². The molecule has 0 bridgehead atoms. The molecule has 2 aromatic carbocycles. The maximum absolute atomic E-state index is 13.2. The molecule has 3 amide bonds. The summed E-state index contributed by atoms with van der Waals surface area (Å²) in [6.07, 6.45) is 3.21. The molecule has 1 aliphatic heterocycles. The molecule has 0 spiro atoms. The molecular formula is C28H26ClN5O5. The summed E-state index contributed by atoms with van der Waals surface area (Å²) in [6, 6.07) is 15.6. The summed E-state index contributed by atoms with van der Waals surface area (Å²) in [5, 5.41) is 7.35. The molecule has 1 fully saturated rings. The average molecular weight is 548 g/mol. The maximum Gasteiger partial charge on any atom is 0.409 e. The van der Waals surface area contributed by atoms with Crippen molar-refractivity contribution in [3.63, 3.8) is 0 Å². The Morgan fingerprint density at radius 3 is 2.44 bits per heavy atom. The number of hydrogen-bond acceptors (Lipinski definition) is 5. The number of benzene rings is 2. The number of rotatable bonds is 5. The summed E-state index contributed by atoms with van der Waals surface area (Å²) in [6.45, 7) is 0.516. The van der Waals surface area contributed by atoms with Crippen molar-refractivity contribution in [1.82, 2.24) is 25.1 Å². The Hall–Kier alpha value is -4.57. The quantitative estimate of drug-likeness (QED) is 0.353. The Kier molecular flexibility index (Phi) is 7.38. The fourth-order valence-corrected chi connectivity index (χ4v) is 4.93. The first-order chi connectivity index (χ1) is 18.8. The molecule has 5 rings (SSSR count). The van der Waals surface area contributed by atoms with Gasteiger partial charge in [0.05, 0.1) is 24.2 Å². The Labute approximate surface area is 228 Å². The number of carbonyl (C=O) groups excluding carboxylic acids is 3. The third-order valence-corrected chi connectivity index (χ3v) is 7.11. The van der Waals surface area contributed by atoms with Crippen LogP contribution < -0.4 is 16.2 Å². The highest BCUT2D eigenvalue weighted by Crippen LogP contribution is 2.24. The van der Waals surface area contributed by atoms with Gasteiger partial charge in [-0.2, -0.15) is 0 Å². The molecule has 200 valence electrons. The number of H-pyrrole nitrogens is 1. The van der Waals surface area contributed by atoms with E-state index < -0.39 is 18.2 Å². The molecule has 0 aliphatic carbocycles. The zero-order valence-corrected chi connectivity index (χ0v) is 21.8. The van der Waals surface area contributed by atoms with Gasteiger partial charge < -0.3 is 25.3 Å². The highest BCUT2D eigenvalue weighted by atomic mass is 35.5. The first-order valence-corrected chi connectivity index (χ1v) is 12.7. The second-order valence-corrected chi connectivity index (χ2v) is 9.62. The summed E-state index contributed by atoms with van der Waals surface area (Å²) in [7, 11) is 1.30. The number of aromatic amines is 1. The largest absolute Gasteiger partial charge is 0.453 e. The lowest BCUT2D eigenvalue weighted by atomic mass is 9.98. The van der Waals surface area contributed by atoms with E-state index in [0.29, 0.717) is 34.8 Å². The van der Waals surface area contributed by atoms with Crippen LogP contribution in [0.5, 0.6) is 0 Å². The number of nitrogens with zero attached hydrogens (tertiary/aromatic N) is 2. The smallest absolute Gasteiger partial charge is 0.409 e. The van der Waals surface area contributed by atoms with Gasteiger partial charge in [0.15, 0.2) is 0 Å². The zero-order chi connectivity index (χ0) is 27.5. The van der Waals surface area contributed by atoms with Crippen LogP contribution >= 0.6 is 11.6 Å². The minimum Gasteiger partial charge on any atom is -0.453 e. The lowest BCUT2D eigenvalue weighted by Gasteiger charge is -2.38. The number of methoxy groups -OCH3 is 1. The summed E-state index contributed by atoms with van der Waals surface area (Å²) in [5.74, 6) is -0.684. The molecule has 2 aromatic heterocycles. The van der Waals surface area contributed by atoms with Gasteiger partial charge in [-0.15, -0.1) is 0 Å². The number of carbonyl (C=O) groups is 3. The number of nitrogens with one attached hydrogen (secondary N) is 3. The van der Waals surface area contributed by atoms with E-state index in [1.165, 1.54) is 22.6 Å². The molecule has 2 atom stereocenters. The number of halogens is 1. The Bertz CT molecular complexity index is 1600. The van der Waals surface area contributed by atoms with Crippen LogP contribution in [0.4, 0.5) is 4.79 Å². The van der Waals surface area contributed by atoms with Crippen molar-refractivity contribution in [3.05, 3.63) is 99.6 Å². The van der Waals surface area contributed by atoms with Crippen molar-refractivity contribution in [2.24, 2.45) is 0 Å². The monoisotopic (exact) mass is 547 g/mol. The Morgan fingerprint density at radius 2 is 1.69 bits per heavy atom. The van der Waals surface area contributed by atoms with Crippen molar-refractivity contribution >= 4 is 40.4 Å². The summed E-state index contributed by atoms with van der Waals surface area (Å²) in [5.41, 5.74) is 1.98. The Morgan fingerprint density at radius 1 is 0.974 bits per heavy atom. The first-order valence-electron chi connectivity index (χ1n) is 12.3. The summed E-state index contributed by atoms with van der Waals surface area (Å²) >= 11 is 6.15. The SMILES string of the molecule is COC(=O)N1CC[C@@H](NC(=O)c2ccc3c(Cl)c[nH]c3c2)[C@@H](NC(=O)c2ccc(-n3ccccc3=O)cc2)C1. The van der Waals surface area contributed by atoms with Gasteiger partial charge >= 0.3 is 6.09 Å². The van der Waals surface area contributed by atoms with E-state index in [2.05, 4.69) is 15.6 Å². The molecule has 0 unspecified atom stereocenters. The van der Waals surface area contributed by atoms with E-state index in [1.54, 1.807) is 67.0 Å². The van der Waals surface area contributed by atoms with E-state index in [0.717, 1.165) is 10.9 Å². The van der Waals surface area contributed by atoms with Crippen molar-refractivity contribution < 1.29 is 19.1 Å². The lowest BCUT2D eigenvalue weighted by molar-refractivity contribution is 0.0764. The predicted octanol–water partition coefficient (Wildman–Crippen LogP) is 3.34. The van der Waals surface area contributed by atoms with Crippen LogP contribution in [0.1, 0.15) is 27.1 Å². The molecule has 3 heterocycles. The van der Waals surface area contributed by atoms with E-state index in [1.807, 2.05) is 0 Å². The number of ether oxygens (including phenoxy) is 1. The fraction of sp³-hybridized carbons (Fsp3) is 0.214. The normalized spacial score (nSPS) is 17.0. The highest BCUT2D eigenvalue weighted by Gasteiger charge is 2.34. The number of amides is 3. The topological polar surface area (TPSA) is 126 Å². The van der Waals surface area contributed by atoms with Crippen molar-refractivity contribution in [3.8, 4) is 5.69 Å². The third kappa shape index (κ3) is 5.51. The zero-order valence-electron chi connectivity index (χ0n) is 21.0. The standard InChI is InChI=1S/C28H26ClN5O5/c1-39-28(38)33-13-11-22(31-27(37)18-7-10-20-21(29)15-30-23(20)14-18)24(16-33)32-26(36)17-5-8-19(9-6-17)34-12-3-2-4-25(34)35/h2-10,12,14-15,22,24,30H,11,13,16H2,1H3,(H,31,37)(H,32,36)/t22-,24+/m1/s1. The van der Waals surface area contributed by atoms with E-state index in [-0.39, 0.29) is 23.9 Å². The molecular weight excluding hydrogens is 522 g/mol. The molecule has 0 saturated carbocycles. The van der Waals surface area contributed by atoms with Crippen molar-refractivity contribution in [2.45, 2.75) is 18.5 Å². The number of fused-ring (bicyclic) bond motifs is 1. The van der Waals surface area contributed by atoms with Crippen LogP contribution in [0.25, 0.3) is 16.6 Å². The number of aromatic nitrogens is 2. The van der Waals surface area contributed by atoms with Crippen molar-refractivity contribution in [2.75, 3.05) is 20.2 Å². The molecule has 11 heteroatoms. The van der Waals surface area contributed by atoms with Gasteiger partial charge in [-0.1, -0.05) is 23.7 Å². The third-order valence-electron chi connectivity index (χ3n) is 6.80. The number of likely N-dealkylation sites (tertiary alicyclic amines) is 1. The number of hydrogen-bond donors (Lipinski definition) is 3. The molecule has 0 radical (unpaired) electrons. The van der Waals surface area contributed by atoms with Gasteiger partial charge in [-0.05, 0) is 48.9 Å². The first kappa shape index (κ1) is 26.1. The number of piperidine rings is 1. The van der Waals surface area contributed by atoms with Crippen LogP contribution in [0.3, 0.4) is 0 Å². The Balaban J connectivity index is 1.33. The molecule has 1 aliphatic rings. The minimum atomic E-state index is -0.575. The highest BCUT2D eigenvalue weighted by molar-refractivity contribution is 6.35. The second-order valence-electron chi connectivity index (χ2n) is 9.22. The van der Waals surface area contributed by atoms with Gasteiger partial charge in [0, 0.05) is 59.3 Å². The molecule has 3 N–H and O–H groups in total.